The van der Waals surface area contributed by atoms with Crippen LogP contribution in [0.3, 0.4) is 0 Å². The van der Waals surface area contributed by atoms with Crippen molar-refractivity contribution in [1.29, 1.82) is 0 Å². The number of nitrogens with one attached hydrogen (secondary N) is 1. The Morgan fingerprint density at radius 3 is 2.37 bits per heavy atom. The Morgan fingerprint density at radius 1 is 1.07 bits per heavy atom. The summed E-state index contributed by atoms with van der Waals surface area (Å²) >= 11 is 3.36. The molecule has 1 N–H and O–H groups in total. The van der Waals surface area contributed by atoms with Crippen LogP contribution < -0.4 is 9.03 Å². The molecule has 0 unspecified atom stereocenters. The van der Waals surface area contributed by atoms with Gasteiger partial charge in [-0.1, -0.05) is 22.0 Å². The Bertz CT molecular complexity index is 1140. The second kappa shape index (κ2) is 6.92. The number of nitrogens with zero attached hydrogens (tertiary/aromatic N) is 1. The molecular formula is C17H17BrN2O5S2. The van der Waals surface area contributed by atoms with Crippen LogP contribution in [0.15, 0.2) is 45.8 Å². The van der Waals surface area contributed by atoms with Crippen LogP contribution in [0.2, 0.25) is 0 Å². The molecule has 1 aliphatic rings. The molecule has 0 bridgehead atoms. The quantitative estimate of drug-likeness (QED) is 0.736. The molecule has 1 fully saturated rings. The van der Waals surface area contributed by atoms with Gasteiger partial charge in [-0.2, -0.15) is 0 Å². The van der Waals surface area contributed by atoms with Crippen molar-refractivity contribution in [3.05, 3.63) is 52.0 Å². The van der Waals surface area contributed by atoms with Crippen LogP contribution in [0.4, 0.5) is 11.4 Å². The van der Waals surface area contributed by atoms with Crippen molar-refractivity contribution < 1.29 is 21.6 Å². The fourth-order valence-electron chi connectivity index (χ4n) is 2.79. The fourth-order valence-corrected chi connectivity index (χ4v) is 5.80. The highest BCUT2D eigenvalue weighted by Gasteiger charge is 2.37. The molecule has 2 aromatic carbocycles. The topological polar surface area (TPSA) is 101 Å². The van der Waals surface area contributed by atoms with E-state index >= 15 is 0 Å². The van der Waals surface area contributed by atoms with Gasteiger partial charge in [-0.3, -0.25) is 9.52 Å². The first kappa shape index (κ1) is 19.8. The summed E-state index contributed by atoms with van der Waals surface area (Å²) in [6.45, 7) is 3.43. The molecule has 1 heterocycles. The number of sulfonamides is 2. The zero-order chi connectivity index (χ0) is 20.0. The standard InChI is InChI=1S/C17H17BrN2O5S2/c1-11-3-5-14(20-17(21)7-8-26(20,22)23)10-16(11)27(24,25)19-13-4-6-15(18)12(2)9-13/h3-6,9-10,19H,7-8H2,1-2H3. The van der Waals surface area contributed by atoms with Gasteiger partial charge in [0.2, 0.25) is 15.9 Å². The monoisotopic (exact) mass is 472 g/mol. The van der Waals surface area contributed by atoms with Crippen LogP contribution in [0.5, 0.6) is 0 Å². The fraction of sp³-hybridized carbons (Fsp3) is 0.235. The maximum absolute atomic E-state index is 12.9. The van der Waals surface area contributed by atoms with E-state index in [0.29, 0.717) is 15.6 Å². The number of anilines is 2. The minimum absolute atomic E-state index is 0.0236. The van der Waals surface area contributed by atoms with Crippen LogP contribution >= 0.6 is 15.9 Å². The number of hydrogen-bond donors (Lipinski definition) is 1. The maximum Gasteiger partial charge on any atom is 0.262 e. The molecule has 0 spiro atoms. The summed E-state index contributed by atoms with van der Waals surface area (Å²) in [6, 6.07) is 9.14. The lowest BCUT2D eigenvalue weighted by Gasteiger charge is -2.18. The third kappa shape index (κ3) is 3.87. The molecule has 0 radical (unpaired) electrons. The van der Waals surface area contributed by atoms with Gasteiger partial charge in [-0.15, -0.1) is 0 Å². The molecule has 1 saturated heterocycles. The van der Waals surface area contributed by atoms with Gasteiger partial charge in [-0.25, -0.2) is 21.1 Å². The van der Waals surface area contributed by atoms with Crippen LogP contribution in [-0.2, 0) is 24.8 Å². The Labute approximate surface area is 166 Å². The van der Waals surface area contributed by atoms with E-state index in [-0.39, 0.29) is 22.8 Å². The van der Waals surface area contributed by atoms with Crippen LogP contribution in [0.25, 0.3) is 0 Å². The maximum atomic E-state index is 12.9. The van der Waals surface area contributed by atoms with E-state index in [1.807, 2.05) is 6.92 Å². The highest BCUT2D eigenvalue weighted by atomic mass is 79.9. The molecule has 0 aromatic heterocycles. The van der Waals surface area contributed by atoms with Gasteiger partial charge >= 0.3 is 0 Å². The molecule has 10 heteroatoms. The summed E-state index contributed by atoms with van der Waals surface area (Å²) in [5.41, 5.74) is 1.69. The molecule has 1 amide bonds. The van der Waals surface area contributed by atoms with Crippen molar-refractivity contribution in [3.63, 3.8) is 0 Å². The molecule has 27 heavy (non-hydrogen) atoms. The van der Waals surface area contributed by atoms with Gasteiger partial charge < -0.3 is 0 Å². The van der Waals surface area contributed by atoms with Crippen molar-refractivity contribution in [1.82, 2.24) is 0 Å². The van der Waals surface area contributed by atoms with E-state index < -0.39 is 26.0 Å². The zero-order valence-electron chi connectivity index (χ0n) is 14.6. The zero-order valence-corrected chi connectivity index (χ0v) is 17.8. The number of rotatable bonds is 4. The SMILES string of the molecule is Cc1cc(NS(=O)(=O)c2cc(N3C(=O)CCS3(=O)=O)ccc2C)ccc1Br. The van der Waals surface area contributed by atoms with Crippen molar-refractivity contribution >= 4 is 53.3 Å². The third-order valence-corrected chi connectivity index (χ3v) is 8.29. The molecule has 1 aliphatic heterocycles. The highest BCUT2D eigenvalue weighted by Crippen LogP contribution is 2.30. The van der Waals surface area contributed by atoms with E-state index in [4.69, 9.17) is 0 Å². The summed E-state index contributed by atoms with van der Waals surface area (Å²) in [4.78, 5) is 11.9. The van der Waals surface area contributed by atoms with E-state index in [1.165, 1.54) is 18.2 Å². The normalized spacial score (nSPS) is 16.6. The van der Waals surface area contributed by atoms with Gasteiger partial charge in [-0.05, 0) is 55.3 Å². The number of benzene rings is 2. The average molecular weight is 473 g/mol. The van der Waals surface area contributed by atoms with Gasteiger partial charge in [0, 0.05) is 16.6 Å². The Morgan fingerprint density at radius 2 is 1.78 bits per heavy atom. The summed E-state index contributed by atoms with van der Waals surface area (Å²) < 4.78 is 54.0. The number of carbonyl (C=O) groups is 1. The van der Waals surface area contributed by atoms with Crippen molar-refractivity contribution in [2.75, 3.05) is 14.8 Å². The number of amides is 1. The Kier molecular flexibility index (Phi) is 5.08. The third-order valence-electron chi connectivity index (χ3n) is 4.18. The Balaban J connectivity index is 2.03. The molecule has 144 valence electrons. The first-order chi connectivity index (χ1) is 12.5. The van der Waals surface area contributed by atoms with Crippen molar-refractivity contribution in [3.8, 4) is 0 Å². The number of aryl methyl sites for hydroxylation is 2. The van der Waals surface area contributed by atoms with Gasteiger partial charge in [0.25, 0.3) is 10.0 Å². The van der Waals surface area contributed by atoms with Crippen LogP contribution in [0.1, 0.15) is 17.5 Å². The molecule has 2 aromatic rings. The van der Waals surface area contributed by atoms with Gasteiger partial charge in [0.1, 0.15) is 0 Å². The van der Waals surface area contributed by atoms with Gasteiger partial charge in [0.05, 0.1) is 16.3 Å². The van der Waals surface area contributed by atoms with E-state index in [9.17, 15) is 21.6 Å². The minimum Gasteiger partial charge on any atom is -0.280 e. The van der Waals surface area contributed by atoms with E-state index in [2.05, 4.69) is 20.7 Å². The van der Waals surface area contributed by atoms with E-state index in [1.54, 1.807) is 25.1 Å². The molecule has 7 nitrogen and oxygen atoms in total. The lowest BCUT2D eigenvalue weighted by Crippen LogP contribution is -2.29. The van der Waals surface area contributed by atoms with E-state index in [0.717, 1.165) is 10.0 Å². The number of carbonyl (C=O) groups excluding carboxylic acids is 1. The van der Waals surface area contributed by atoms with Crippen LogP contribution in [-0.4, -0.2) is 28.5 Å². The summed E-state index contributed by atoms with van der Waals surface area (Å²) in [6.07, 6.45) is -0.116. The predicted molar refractivity (Wildman–Crippen MR) is 107 cm³/mol. The molecule has 0 atom stereocenters. The highest BCUT2D eigenvalue weighted by molar-refractivity contribution is 9.10. The van der Waals surface area contributed by atoms with Gasteiger partial charge in [0.15, 0.2) is 0 Å². The summed E-state index contributed by atoms with van der Waals surface area (Å²) in [5, 5.41) is 0. The average Bonchev–Trinajstić information content (AvgIpc) is 2.84. The predicted octanol–water partition coefficient (Wildman–Crippen LogP) is 2.93. The Hall–Kier alpha value is -1.91. The van der Waals surface area contributed by atoms with Crippen molar-refractivity contribution in [2.45, 2.75) is 25.2 Å². The molecular weight excluding hydrogens is 456 g/mol. The van der Waals surface area contributed by atoms with Crippen molar-refractivity contribution in [2.24, 2.45) is 0 Å². The minimum atomic E-state index is -3.98. The second-order valence-corrected chi connectivity index (χ2v) is 10.7. The number of hydrogen-bond acceptors (Lipinski definition) is 5. The lowest BCUT2D eigenvalue weighted by molar-refractivity contribution is -0.116. The second-order valence-electron chi connectivity index (χ2n) is 6.24. The first-order valence-corrected chi connectivity index (χ1v) is 11.9. The molecule has 3 rings (SSSR count). The number of halogens is 1. The summed E-state index contributed by atoms with van der Waals surface area (Å²) in [5.74, 6) is -0.850. The first-order valence-electron chi connectivity index (χ1n) is 7.97. The lowest BCUT2D eigenvalue weighted by atomic mass is 10.2. The largest absolute Gasteiger partial charge is 0.280 e. The molecule has 0 saturated carbocycles. The molecule has 0 aliphatic carbocycles. The van der Waals surface area contributed by atoms with Crippen LogP contribution in [0, 0.1) is 13.8 Å². The smallest absolute Gasteiger partial charge is 0.262 e. The summed E-state index contributed by atoms with van der Waals surface area (Å²) in [7, 11) is -7.75.